The van der Waals surface area contributed by atoms with Gasteiger partial charge in [-0.05, 0) is 54.6 Å². The van der Waals surface area contributed by atoms with Gasteiger partial charge in [0.2, 0.25) is 0 Å². The minimum absolute atomic E-state index is 0.165. The van der Waals surface area contributed by atoms with Crippen molar-refractivity contribution in [3.8, 4) is 0 Å². The van der Waals surface area contributed by atoms with Crippen molar-refractivity contribution < 1.29 is 0 Å². The molecular formula is C17H22N2. The third-order valence-corrected chi connectivity index (χ3v) is 4.90. The van der Waals surface area contributed by atoms with Crippen LogP contribution in [-0.2, 0) is 11.8 Å². The zero-order valence-corrected chi connectivity index (χ0v) is 12.1. The van der Waals surface area contributed by atoms with Crippen molar-refractivity contribution in [2.45, 2.75) is 57.8 Å². The van der Waals surface area contributed by atoms with Crippen LogP contribution in [-0.4, -0.2) is 9.38 Å². The van der Waals surface area contributed by atoms with E-state index in [0.717, 1.165) is 11.8 Å². The topological polar surface area (TPSA) is 17.3 Å². The predicted molar refractivity (Wildman–Crippen MR) is 77.7 cm³/mol. The third-order valence-electron chi connectivity index (χ3n) is 4.90. The van der Waals surface area contributed by atoms with Crippen molar-refractivity contribution >= 4 is 5.65 Å². The van der Waals surface area contributed by atoms with E-state index in [1.807, 2.05) is 6.20 Å². The zero-order valence-electron chi connectivity index (χ0n) is 12.1. The normalized spacial score (nSPS) is 23.0. The quantitative estimate of drug-likeness (QED) is 0.749. The molecule has 2 aliphatic carbocycles. The Labute approximate surface area is 114 Å². The summed E-state index contributed by atoms with van der Waals surface area (Å²) in [7, 11) is 0. The van der Waals surface area contributed by atoms with Crippen LogP contribution < -0.4 is 0 Å². The maximum Gasteiger partial charge on any atom is 0.140 e. The molecule has 0 aromatic carbocycles. The first-order valence-electron chi connectivity index (χ1n) is 7.55. The number of hydrogen-bond acceptors (Lipinski definition) is 1. The van der Waals surface area contributed by atoms with Crippen LogP contribution in [0.4, 0.5) is 0 Å². The van der Waals surface area contributed by atoms with Crippen LogP contribution in [0.2, 0.25) is 0 Å². The Bertz CT molecular complexity index is 641. The first-order valence-corrected chi connectivity index (χ1v) is 7.55. The Morgan fingerprint density at radius 2 is 2.00 bits per heavy atom. The number of imidazole rings is 1. The second kappa shape index (κ2) is 3.62. The minimum Gasteiger partial charge on any atom is -0.304 e. The standard InChI is InChI=1S/C17H22N2/c1-17(2,3)14-10-13-12(11-4-5-11)6-7-15(13)19-9-8-18-16(14)19/h8-12H,4-7H2,1-3H3. The van der Waals surface area contributed by atoms with Crippen LogP contribution in [0.1, 0.15) is 62.8 Å². The second-order valence-electron chi connectivity index (χ2n) is 7.31. The molecule has 0 bridgehead atoms. The van der Waals surface area contributed by atoms with Crippen molar-refractivity contribution in [1.82, 2.24) is 9.38 Å². The molecule has 2 nitrogen and oxygen atoms in total. The van der Waals surface area contributed by atoms with Gasteiger partial charge in [-0.3, -0.25) is 0 Å². The van der Waals surface area contributed by atoms with E-state index in [1.165, 1.54) is 42.6 Å². The van der Waals surface area contributed by atoms with Gasteiger partial charge in [0.1, 0.15) is 5.65 Å². The molecule has 0 amide bonds. The molecule has 1 unspecified atom stereocenters. The van der Waals surface area contributed by atoms with Gasteiger partial charge >= 0.3 is 0 Å². The molecule has 100 valence electrons. The molecule has 2 heterocycles. The van der Waals surface area contributed by atoms with Crippen LogP contribution in [0.15, 0.2) is 18.5 Å². The molecule has 4 rings (SSSR count). The summed E-state index contributed by atoms with van der Waals surface area (Å²) in [5.41, 5.74) is 5.89. The van der Waals surface area contributed by atoms with E-state index in [9.17, 15) is 0 Å². The number of nitrogens with zero attached hydrogens (tertiary/aromatic N) is 2. The number of aryl methyl sites for hydroxylation is 1. The van der Waals surface area contributed by atoms with E-state index in [-0.39, 0.29) is 5.41 Å². The van der Waals surface area contributed by atoms with Gasteiger partial charge in [0.05, 0.1) is 0 Å². The number of fused-ring (bicyclic) bond motifs is 3. The monoisotopic (exact) mass is 254 g/mol. The molecule has 2 aromatic heterocycles. The summed E-state index contributed by atoms with van der Waals surface area (Å²) >= 11 is 0. The molecule has 19 heavy (non-hydrogen) atoms. The molecular weight excluding hydrogens is 232 g/mol. The molecule has 2 heteroatoms. The smallest absolute Gasteiger partial charge is 0.140 e. The van der Waals surface area contributed by atoms with Crippen molar-refractivity contribution in [2.24, 2.45) is 5.92 Å². The lowest BCUT2D eigenvalue weighted by molar-refractivity contribution is 0.581. The van der Waals surface area contributed by atoms with Crippen molar-refractivity contribution in [1.29, 1.82) is 0 Å². The second-order valence-corrected chi connectivity index (χ2v) is 7.31. The lowest BCUT2D eigenvalue weighted by Gasteiger charge is -2.23. The molecule has 1 atom stereocenters. The van der Waals surface area contributed by atoms with Gasteiger partial charge in [-0.15, -0.1) is 0 Å². The molecule has 0 radical (unpaired) electrons. The lowest BCUT2D eigenvalue weighted by atomic mass is 9.85. The SMILES string of the molecule is CC(C)(C)c1cc2c(n3ccnc13)CCC2C1CC1. The van der Waals surface area contributed by atoms with Crippen molar-refractivity contribution in [3.63, 3.8) is 0 Å². The fourth-order valence-electron chi connectivity index (χ4n) is 3.74. The molecule has 0 N–H and O–H groups in total. The van der Waals surface area contributed by atoms with Gasteiger partial charge in [0, 0.05) is 23.7 Å². The van der Waals surface area contributed by atoms with Crippen molar-refractivity contribution in [2.75, 3.05) is 0 Å². The summed E-state index contributed by atoms with van der Waals surface area (Å²) in [5, 5.41) is 0. The van der Waals surface area contributed by atoms with E-state index >= 15 is 0 Å². The highest BCUT2D eigenvalue weighted by Crippen LogP contribution is 2.50. The Morgan fingerprint density at radius 3 is 2.68 bits per heavy atom. The molecule has 0 saturated heterocycles. The largest absolute Gasteiger partial charge is 0.304 e. The molecule has 0 aliphatic heterocycles. The summed E-state index contributed by atoms with van der Waals surface area (Å²) in [6, 6.07) is 2.48. The van der Waals surface area contributed by atoms with Crippen LogP contribution in [0, 0.1) is 5.92 Å². The molecule has 1 saturated carbocycles. The Balaban J connectivity index is 1.98. The summed E-state index contributed by atoms with van der Waals surface area (Å²) in [4.78, 5) is 4.61. The average Bonchev–Trinajstić information content (AvgIpc) is 2.90. The van der Waals surface area contributed by atoms with Gasteiger partial charge in [0.25, 0.3) is 0 Å². The van der Waals surface area contributed by atoms with Gasteiger partial charge in [-0.1, -0.05) is 20.8 Å². The van der Waals surface area contributed by atoms with Gasteiger partial charge in [-0.25, -0.2) is 4.98 Å². The van der Waals surface area contributed by atoms with E-state index in [0.29, 0.717) is 0 Å². The van der Waals surface area contributed by atoms with Crippen LogP contribution in [0.5, 0.6) is 0 Å². The molecule has 2 aromatic rings. The summed E-state index contributed by atoms with van der Waals surface area (Å²) < 4.78 is 2.36. The Kier molecular flexibility index (Phi) is 2.19. The average molecular weight is 254 g/mol. The van der Waals surface area contributed by atoms with Gasteiger partial charge in [-0.2, -0.15) is 0 Å². The summed E-state index contributed by atoms with van der Waals surface area (Å²) in [6.07, 6.45) is 9.57. The highest BCUT2D eigenvalue weighted by molar-refractivity contribution is 5.56. The number of pyridine rings is 1. The number of rotatable bonds is 1. The summed E-state index contributed by atoms with van der Waals surface area (Å²) in [6.45, 7) is 6.89. The van der Waals surface area contributed by atoms with Crippen LogP contribution >= 0.6 is 0 Å². The maximum atomic E-state index is 4.61. The fraction of sp³-hybridized carbons (Fsp3) is 0.588. The minimum atomic E-state index is 0.165. The van der Waals surface area contributed by atoms with E-state index in [1.54, 1.807) is 5.56 Å². The Morgan fingerprint density at radius 1 is 1.21 bits per heavy atom. The first kappa shape index (κ1) is 11.5. The maximum absolute atomic E-state index is 4.61. The molecule has 1 fully saturated rings. The van der Waals surface area contributed by atoms with E-state index < -0.39 is 0 Å². The highest BCUT2D eigenvalue weighted by Gasteiger charge is 2.38. The van der Waals surface area contributed by atoms with Crippen LogP contribution in [0.25, 0.3) is 5.65 Å². The third kappa shape index (κ3) is 1.65. The van der Waals surface area contributed by atoms with Gasteiger partial charge in [0.15, 0.2) is 0 Å². The highest BCUT2D eigenvalue weighted by atomic mass is 15.0. The fourth-order valence-corrected chi connectivity index (χ4v) is 3.74. The first-order chi connectivity index (χ1) is 9.05. The van der Waals surface area contributed by atoms with E-state index in [4.69, 9.17) is 0 Å². The zero-order chi connectivity index (χ0) is 13.2. The van der Waals surface area contributed by atoms with Crippen molar-refractivity contribution in [3.05, 3.63) is 35.3 Å². The lowest BCUT2D eigenvalue weighted by Crippen LogP contribution is -2.15. The summed E-state index contributed by atoms with van der Waals surface area (Å²) in [5.74, 6) is 1.79. The van der Waals surface area contributed by atoms with Gasteiger partial charge < -0.3 is 4.40 Å². The molecule has 0 spiro atoms. The number of hydrogen-bond donors (Lipinski definition) is 0. The Hall–Kier alpha value is -1.31. The molecule has 2 aliphatic rings. The number of aromatic nitrogens is 2. The van der Waals surface area contributed by atoms with E-state index in [2.05, 4.69) is 42.4 Å². The van der Waals surface area contributed by atoms with Crippen LogP contribution in [0.3, 0.4) is 0 Å². The predicted octanol–water partition coefficient (Wildman–Crippen LogP) is 4.07.